The second kappa shape index (κ2) is 10.0. The molecule has 7 nitrogen and oxygen atoms in total. The van der Waals surface area contributed by atoms with Crippen LogP contribution in [-0.2, 0) is 0 Å². The first-order valence-corrected chi connectivity index (χ1v) is 10.5. The van der Waals surface area contributed by atoms with Gasteiger partial charge in [-0.15, -0.1) is 11.3 Å². The molecule has 0 atom stereocenters. The van der Waals surface area contributed by atoms with Crippen LogP contribution in [0.3, 0.4) is 0 Å². The summed E-state index contributed by atoms with van der Waals surface area (Å²) in [5.41, 5.74) is 1.12. The summed E-state index contributed by atoms with van der Waals surface area (Å²) in [6, 6.07) is 9.18. The van der Waals surface area contributed by atoms with Gasteiger partial charge in [0.25, 0.3) is 11.8 Å². The van der Waals surface area contributed by atoms with Gasteiger partial charge in [0.05, 0.1) is 21.8 Å². The highest BCUT2D eigenvalue weighted by molar-refractivity contribution is 7.17. The lowest BCUT2D eigenvalue weighted by molar-refractivity contribution is 0.0961. The van der Waals surface area contributed by atoms with Crippen LogP contribution in [0.4, 0.5) is 11.5 Å². The number of hydrogen-bond acceptors (Lipinski definition) is 6. The molecule has 0 aliphatic carbocycles. The molecule has 3 aromatic rings. The van der Waals surface area contributed by atoms with Gasteiger partial charge < -0.3 is 16.0 Å². The summed E-state index contributed by atoms with van der Waals surface area (Å²) in [4.78, 5) is 33.6. The summed E-state index contributed by atoms with van der Waals surface area (Å²) < 4.78 is 1.00. The normalized spacial score (nSPS) is 11.8. The van der Waals surface area contributed by atoms with E-state index < -0.39 is 0 Å². The minimum atomic E-state index is -0.331. The number of thiophene rings is 1. The molecule has 1 aromatic carbocycles. The molecule has 31 heavy (non-hydrogen) atoms. The highest BCUT2D eigenvalue weighted by Gasteiger charge is 2.17. The fourth-order valence-corrected chi connectivity index (χ4v) is 3.80. The molecule has 0 aliphatic rings. The first-order valence-electron chi connectivity index (χ1n) is 9.26. The van der Waals surface area contributed by atoms with Crippen molar-refractivity contribution < 1.29 is 9.59 Å². The molecule has 0 unspecified atom stereocenters. The van der Waals surface area contributed by atoms with Gasteiger partial charge in [0.2, 0.25) is 0 Å². The summed E-state index contributed by atoms with van der Waals surface area (Å²) in [7, 11) is 1.52. The van der Waals surface area contributed by atoms with Crippen molar-refractivity contribution in [2.24, 2.45) is 4.99 Å². The number of rotatable bonds is 7. The topological polar surface area (TPSA) is 95.5 Å². The van der Waals surface area contributed by atoms with Crippen LogP contribution in [0.5, 0.6) is 0 Å². The number of carbonyl (C=O) groups is 2. The maximum atomic E-state index is 13.0. The minimum absolute atomic E-state index is 0.274. The maximum absolute atomic E-state index is 13.0. The van der Waals surface area contributed by atoms with Gasteiger partial charge in [-0.1, -0.05) is 36.4 Å². The number of pyridine rings is 1. The number of hydrogen-bond donors (Lipinski definition) is 3. The maximum Gasteiger partial charge on any atom is 0.257 e. The molecule has 3 N–H and O–H groups in total. The van der Waals surface area contributed by atoms with E-state index in [0.29, 0.717) is 17.1 Å². The fraction of sp³-hybridized carbons (Fsp3) is 0.0909. The molecule has 0 aliphatic heterocycles. The summed E-state index contributed by atoms with van der Waals surface area (Å²) in [6.07, 6.45) is 4.39. The molecule has 0 bridgehead atoms. The Bertz CT molecular complexity index is 1220. The van der Waals surface area contributed by atoms with Gasteiger partial charge in [-0.3, -0.25) is 9.59 Å². The largest absolute Gasteiger partial charge is 0.355 e. The Morgan fingerprint density at radius 2 is 2.00 bits per heavy atom. The molecule has 0 spiro atoms. The van der Waals surface area contributed by atoms with E-state index in [-0.39, 0.29) is 28.2 Å². The molecule has 0 fully saturated rings. The standard InChI is InChI=1S/C22H20ClN5O2S/c1-4-16(23)19(25-5-2)28-20-17(10-13(11-26-20)21(29)24-3)27-22(30)15-12-31-18-9-7-6-8-14(15)18/h4-12H,1H2,2-3H3,(H,24,29)(H,26,28)(H,27,30)/b19-16-,25-5-. The molecule has 0 saturated heterocycles. The van der Waals surface area contributed by atoms with Gasteiger partial charge in [0.15, 0.2) is 5.82 Å². The molecule has 2 aromatic heterocycles. The lowest BCUT2D eigenvalue weighted by Crippen LogP contribution is -2.20. The summed E-state index contributed by atoms with van der Waals surface area (Å²) in [5, 5.41) is 11.3. The quantitative estimate of drug-likeness (QED) is 0.346. The average molecular weight is 454 g/mol. The minimum Gasteiger partial charge on any atom is -0.355 e. The number of nitrogens with zero attached hydrogens (tertiary/aromatic N) is 2. The van der Waals surface area contributed by atoms with Crippen LogP contribution in [0.1, 0.15) is 27.6 Å². The van der Waals surface area contributed by atoms with Crippen molar-refractivity contribution in [2.75, 3.05) is 17.7 Å². The van der Waals surface area contributed by atoms with Crippen molar-refractivity contribution in [3.8, 4) is 0 Å². The van der Waals surface area contributed by atoms with E-state index in [9.17, 15) is 9.59 Å². The van der Waals surface area contributed by atoms with Crippen molar-refractivity contribution in [3.63, 3.8) is 0 Å². The van der Waals surface area contributed by atoms with Gasteiger partial charge in [-0.05, 0) is 25.1 Å². The Morgan fingerprint density at radius 1 is 1.23 bits per heavy atom. The van der Waals surface area contributed by atoms with Gasteiger partial charge in [0.1, 0.15) is 5.82 Å². The zero-order valence-electron chi connectivity index (χ0n) is 16.9. The molecule has 158 valence electrons. The van der Waals surface area contributed by atoms with Gasteiger partial charge in [-0.25, -0.2) is 9.98 Å². The monoisotopic (exact) mass is 453 g/mol. The van der Waals surface area contributed by atoms with Crippen molar-refractivity contribution in [2.45, 2.75) is 6.92 Å². The number of aliphatic imine (C=N–C) groups is 1. The van der Waals surface area contributed by atoms with E-state index in [2.05, 4.69) is 32.5 Å². The molecule has 0 radical (unpaired) electrons. The van der Waals surface area contributed by atoms with E-state index in [1.54, 1.807) is 18.5 Å². The molecular formula is C22H20ClN5O2S. The first kappa shape index (κ1) is 22.2. The Balaban J connectivity index is 2.02. The van der Waals surface area contributed by atoms with Crippen molar-refractivity contribution in [3.05, 3.63) is 76.5 Å². The van der Waals surface area contributed by atoms with Crippen LogP contribution in [0, 0.1) is 0 Å². The van der Waals surface area contributed by atoms with E-state index in [4.69, 9.17) is 11.6 Å². The van der Waals surface area contributed by atoms with Crippen molar-refractivity contribution in [1.82, 2.24) is 10.3 Å². The Morgan fingerprint density at radius 3 is 2.71 bits per heavy atom. The Kier molecular flexibility index (Phi) is 7.17. The van der Waals surface area contributed by atoms with Crippen molar-refractivity contribution in [1.29, 1.82) is 0 Å². The van der Waals surface area contributed by atoms with Crippen LogP contribution < -0.4 is 16.0 Å². The fourth-order valence-electron chi connectivity index (χ4n) is 2.76. The number of nitrogens with one attached hydrogen (secondary N) is 3. The number of aromatic nitrogens is 1. The van der Waals surface area contributed by atoms with Gasteiger partial charge in [0, 0.05) is 34.9 Å². The second-order valence-electron chi connectivity index (χ2n) is 6.21. The second-order valence-corrected chi connectivity index (χ2v) is 7.53. The lowest BCUT2D eigenvalue weighted by Gasteiger charge is -2.14. The highest BCUT2D eigenvalue weighted by atomic mass is 35.5. The lowest BCUT2D eigenvalue weighted by atomic mass is 10.1. The van der Waals surface area contributed by atoms with Gasteiger partial charge in [-0.2, -0.15) is 0 Å². The number of halogens is 1. The Labute approximate surface area is 188 Å². The van der Waals surface area contributed by atoms with E-state index in [1.807, 2.05) is 24.3 Å². The van der Waals surface area contributed by atoms with E-state index >= 15 is 0 Å². The van der Waals surface area contributed by atoms with Crippen LogP contribution >= 0.6 is 22.9 Å². The predicted octanol–water partition coefficient (Wildman–Crippen LogP) is 5.00. The van der Waals surface area contributed by atoms with Crippen LogP contribution in [0.15, 0.2) is 70.4 Å². The van der Waals surface area contributed by atoms with Crippen LogP contribution in [-0.4, -0.2) is 30.1 Å². The molecular weight excluding hydrogens is 434 g/mol. The zero-order valence-corrected chi connectivity index (χ0v) is 18.5. The predicted molar refractivity (Wildman–Crippen MR) is 128 cm³/mol. The van der Waals surface area contributed by atoms with Gasteiger partial charge >= 0.3 is 0 Å². The number of carbonyl (C=O) groups excluding carboxylic acids is 2. The first-order chi connectivity index (χ1) is 15.0. The van der Waals surface area contributed by atoms with E-state index in [1.165, 1.54) is 36.7 Å². The molecule has 2 amide bonds. The highest BCUT2D eigenvalue weighted by Crippen LogP contribution is 2.29. The number of fused-ring (bicyclic) bond motifs is 1. The average Bonchev–Trinajstić information content (AvgIpc) is 3.23. The third kappa shape index (κ3) is 4.99. The van der Waals surface area contributed by atoms with Crippen LogP contribution in [0.2, 0.25) is 0 Å². The molecule has 9 heteroatoms. The summed E-state index contributed by atoms with van der Waals surface area (Å²) >= 11 is 7.66. The SMILES string of the molecule is C=C/C(Cl)=C(\N=C/C)Nc1ncc(C(=O)NC)cc1NC(=O)c1csc2ccccc12. The molecule has 0 saturated carbocycles. The number of benzene rings is 1. The summed E-state index contributed by atoms with van der Waals surface area (Å²) in [6.45, 7) is 5.38. The molecule has 3 rings (SSSR count). The Hall–Kier alpha value is -3.49. The smallest absolute Gasteiger partial charge is 0.257 e. The number of allylic oxidation sites excluding steroid dienone is 2. The van der Waals surface area contributed by atoms with E-state index in [0.717, 1.165) is 10.1 Å². The summed E-state index contributed by atoms with van der Waals surface area (Å²) in [5.74, 6) is -0.0744. The third-order valence-corrected chi connectivity index (χ3v) is 5.55. The zero-order chi connectivity index (χ0) is 22.4. The van der Waals surface area contributed by atoms with Crippen molar-refractivity contribution >= 4 is 62.6 Å². The third-order valence-electron chi connectivity index (χ3n) is 4.25. The number of amides is 2. The van der Waals surface area contributed by atoms with Crippen LogP contribution in [0.25, 0.3) is 10.1 Å². The molecule has 2 heterocycles. The number of anilines is 2.